The van der Waals surface area contributed by atoms with E-state index in [2.05, 4.69) is 37.6 Å². The van der Waals surface area contributed by atoms with Gasteiger partial charge in [-0.3, -0.25) is 0 Å². The fourth-order valence-corrected chi connectivity index (χ4v) is 5.46. The molecule has 0 saturated heterocycles. The summed E-state index contributed by atoms with van der Waals surface area (Å²) in [6.45, 7) is 7.33. The Kier molecular flexibility index (Phi) is 3.95. The van der Waals surface area contributed by atoms with E-state index in [9.17, 15) is 4.79 Å². The van der Waals surface area contributed by atoms with E-state index in [0.717, 1.165) is 17.8 Å². The predicted octanol–water partition coefficient (Wildman–Crippen LogP) is 5.40. The molecule has 3 aromatic rings. The van der Waals surface area contributed by atoms with E-state index in [4.69, 9.17) is 9.84 Å². The number of carbonyl (C=O) groups excluding carboxylic acids is 1. The first kappa shape index (κ1) is 18.2. The first-order valence-corrected chi connectivity index (χ1v) is 10.3. The Morgan fingerprint density at radius 2 is 1.72 bits per heavy atom. The quantitative estimate of drug-likeness (QED) is 0.564. The van der Waals surface area contributed by atoms with Crippen LogP contribution in [-0.4, -0.2) is 15.7 Å². The first-order chi connectivity index (χ1) is 13.9. The van der Waals surface area contributed by atoms with E-state index >= 15 is 0 Å². The molecule has 0 unspecified atom stereocenters. The van der Waals surface area contributed by atoms with Crippen LogP contribution in [0.5, 0.6) is 0 Å². The average Bonchev–Trinajstić information content (AvgIpc) is 3.29. The van der Waals surface area contributed by atoms with Crippen molar-refractivity contribution in [2.75, 3.05) is 0 Å². The summed E-state index contributed by atoms with van der Waals surface area (Å²) in [7, 11) is 0. The highest BCUT2D eigenvalue weighted by molar-refractivity contribution is 5.89. The molecule has 2 aliphatic rings. The van der Waals surface area contributed by atoms with Gasteiger partial charge in [-0.1, -0.05) is 57.2 Å². The van der Waals surface area contributed by atoms with Crippen LogP contribution in [0.4, 0.5) is 0 Å². The number of nitrogens with zero attached hydrogens (tertiary/aromatic N) is 2. The topological polar surface area (TPSA) is 44.1 Å². The van der Waals surface area contributed by atoms with Crippen LogP contribution in [0.15, 0.2) is 60.7 Å². The van der Waals surface area contributed by atoms with Gasteiger partial charge in [0.05, 0.1) is 16.9 Å². The summed E-state index contributed by atoms with van der Waals surface area (Å²) >= 11 is 0. The molecule has 1 fully saturated rings. The van der Waals surface area contributed by atoms with Crippen molar-refractivity contribution in [1.29, 1.82) is 0 Å². The van der Waals surface area contributed by atoms with E-state index < -0.39 is 0 Å². The molecule has 1 saturated carbocycles. The normalized spacial score (nSPS) is 23.8. The highest BCUT2D eigenvalue weighted by atomic mass is 16.5. The third-order valence-corrected chi connectivity index (χ3v) is 7.45. The van der Waals surface area contributed by atoms with Crippen molar-refractivity contribution in [2.24, 2.45) is 5.41 Å². The first-order valence-electron chi connectivity index (χ1n) is 10.3. The van der Waals surface area contributed by atoms with Crippen molar-refractivity contribution in [2.45, 2.75) is 51.6 Å². The van der Waals surface area contributed by atoms with E-state index in [-0.39, 0.29) is 23.4 Å². The summed E-state index contributed by atoms with van der Waals surface area (Å²) in [5, 5.41) is 4.96. The molecule has 29 heavy (non-hydrogen) atoms. The Bertz CT molecular complexity index is 1070. The lowest BCUT2D eigenvalue weighted by molar-refractivity contribution is 0.0465. The SMILES string of the molecule is CC1(C)[C@@H]2CC[C@]1(C)c1c2c(COC(=O)c2ccccc2)nn1-c1ccccc1. The summed E-state index contributed by atoms with van der Waals surface area (Å²) in [4.78, 5) is 12.5. The van der Waals surface area contributed by atoms with Gasteiger partial charge in [0.2, 0.25) is 0 Å². The number of hydrogen-bond acceptors (Lipinski definition) is 3. The highest BCUT2D eigenvalue weighted by Gasteiger charge is 2.62. The minimum Gasteiger partial charge on any atom is -0.455 e. The van der Waals surface area contributed by atoms with Crippen molar-refractivity contribution < 1.29 is 9.53 Å². The molecule has 2 aliphatic carbocycles. The number of esters is 1. The number of ether oxygens (including phenoxy) is 1. The molecule has 1 aromatic heterocycles. The Hall–Kier alpha value is -2.88. The second-order valence-corrected chi connectivity index (χ2v) is 9.04. The van der Waals surface area contributed by atoms with Gasteiger partial charge in [-0.2, -0.15) is 5.10 Å². The number of carbonyl (C=O) groups is 1. The number of rotatable bonds is 4. The molecule has 0 radical (unpaired) electrons. The van der Waals surface area contributed by atoms with Gasteiger partial charge in [0.25, 0.3) is 0 Å². The third-order valence-electron chi connectivity index (χ3n) is 7.45. The number of hydrogen-bond donors (Lipinski definition) is 0. The number of para-hydroxylation sites is 1. The van der Waals surface area contributed by atoms with E-state index in [1.165, 1.54) is 17.7 Å². The van der Waals surface area contributed by atoms with Crippen LogP contribution >= 0.6 is 0 Å². The van der Waals surface area contributed by atoms with Crippen molar-refractivity contribution in [1.82, 2.24) is 9.78 Å². The summed E-state index contributed by atoms with van der Waals surface area (Å²) in [5.41, 5.74) is 5.36. The minimum absolute atomic E-state index is 0.0670. The summed E-state index contributed by atoms with van der Waals surface area (Å²) in [5.74, 6) is 0.146. The molecule has 0 spiro atoms. The second kappa shape index (κ2) is 6.31. The van der Waals surface area contributed by atoms with Gasteiger partial charge in [0, 0.05) is 11.0 Å². The van der Waals surface area contributed by atoms with Crippen LogP contribution in [0, 0.1) is 5.41 Å². The fourth-order valence-electron chi connectivity index (χ4n) is 5.46. The van der Waals surface area contributed by atoms with Crippen LogP contribution in [0.3, 0.4) is 0 Å². The monoisotopic (exact) mass is 386 g/mol. The molecule has 1 heterocycles. The lowest BCUT2D eigenvalue weighted by Crippen LogP contribution is -2.33. The van der Waals surface area contributed by atoms with Gasteiger partial charge in [0.15, 0.2) is 0 Å². The number of benzene rings is 2. The zero-order valence-electron chi connectivity index (χ0n) is 17.2. The lowest BCUT2D eigenvalue weighted by Gasteiger charge is -2.35. The molecular weight excluding hydrogens is 360 g/mol. The van der Waals surface area contributed by atoms with Crippen molar-refractivity contribution in [3.63, 3.8) is 0 Å². The lowest BCUT2D eigenvalue weighted by atomic mass is 9.70. The zero-order chi connectivity index (χ0) is 20.2. The van der Waals surface area contributed by atoms with Gasteiger partial charge in [0.1, 0.15) is 12.3 Å². The third kappa shape index (κ3) is 2.51. The summed E-state index contributed by atoms with van der Waals surface area (Å²) in [6.07, 6.45) is 2.33. The van der Waals surface area contributed by atoms with E-state index in [1.54, 1.807) is 12.1 Å². The Balaban J connectivity index is 1.56. The Morgan fingerprint density at radius 3 is 2.41 bits per heavy atom. The van der Waals surface area contributed by atoms with Crippen LogP contribution < -0.4 is 0 Å². The van der Waals surface area contributed by atoms with Gasteiger partial charge < -0.3 is 4.74 Å². The van der Waals surface area contributed by atoms with Crippen LogP contribution in [0.25, 0.3) is 5.69 Å². The van der Waals surface area contributed by atoms with E-state index in [1.807, 2.05) is 36.4 Å². The van der Waals surface area contributed by atoms with Crippen molar-refractivity contribution >= 4 is 5.97 Å². The van der Waals surface area contributed by atoms with Crippen LogP contribution in [0.2, 0.25) is 0 Å². The van der Waals surface area contributed by atoms with Crippen LogP contribution in [0.1, 0.15) is 66.8 Å². The maximum Gasteiger partial charge on any atom is 0.338 e. The van der Waals surface area contributed by atoms with Gasteiger partial charge in [-0.15, -0.1) is 0 Å². The largest absolute Gasteiger partial charge is 0.455 e. The molecule has 2 atom stereocenters. The molecule has 2 bridgehead atoms. The highest BCUT2D eigenvalue weighted by Crippen LogP contribution is 2.68. The van der Waals surface area contributed by atoms with Gasteiger partial charge >= 0.3 is 5.97 Å². The van der Waals surface area contributed by atoms with Gasteiger partial charge in [-0.25, -0.2) is 9.48 Å². The minimum atomic E-state index is -0.303. The van der Waals surface area contributed by atoms with Crippen molar-refractivity contribution in [3.8, 4) is 5.69 Å². The summed E-state index contributed by atoms with van der Waals surface area (Å²) < 4.78 is 7.78. The molecule has 5 rings (SSSR count). The number of fused-ring (bicyclic) bond motifs is 5. The fraction of sp³-hybridized carbons (Fsp3) is 0.360. The number of aromatic nitrogens is 2. The molecule has 2 aromatic carbocycles. The van der Waals surface area contributed by atoms with E-state index in [0.29, 0.717) is 11.5 Å². The molecule has 4 nitrogen and oxygen atoms in total. The second-order valence-electron chi connectivity index (χ2n) is 9.04. The molecule has 4 heteroatoms. The zero-order valence-corrected chi connectivity index (χ0v) is 17.2. The molecule has 0 amide bonds. The average molecular weight is 386 g/mol. The Morgan fingerprint density at radius 1 is 1.07 bits per heavy atom. The molecule has 0 aliphatic heterocycles. The smallest absolute Gasteiger partial charge is 0.338 e. The van der Waals surface area contributed by atoms with Gasteiger partial charge in [-0.05, 0) is 48.4 Å². The standard InChI is InChI=1S/C25H26N2O2/c1-24(2)19-14-15-25(24,3)22-21(19)20(26-27(22)18-12-8-5-9-13-18)16-29-23(28)17-10-6-4-7-11-17/h4-13,19H,14-16H2,1-3H3/t19-,25-/m1/s1. The molecule has 148 valence electrons. The molecular formula is C25H26N2O2. The summed E-state index contributed by atoms with van der Waals surface area (Å²) in [6, 6.07) is 19.4. The molecule has 0 N–H and O–H groups in total. The maximum absolute atomic E-state index is 12.5. The Labute approximate surface area is 171 Å². The predicted molar refractivity (Wildman–Crippen MR) is 112 cm³/mol. The maximum atomic E-state index is 12.5. The van der Waals surface area contributed by atoms with Crippen molar-refractivity contribution in [3.05, 3.63) is 83.2 Å². The van der Waals surface area contributed by atoms with Crippen LogP contribution in [-0.2, 0) is 16.8 Å².